The Balaban J connectivity index is 1.79. The molecule has 130 valence electrons. The van der Waals surface area contributed by atoms with Gasteiger partial charge in [-0.05, 0) is 37.3 Å². The van der Waals surface area contributed by atoms with Crippen LogP contribution in [0.4, 0.5) is 5.69 Å². The van der Waals surface area contributed by atoms with Crippen LogP contribution in [0, 0.1) is 0 Å². The lowest BCUT2D eigenvalue weighted by Gasteiger charge is -2.31. The van der Waals surface area contributed by atoms with E-state index in [1.165, 1.54) is 0 Å². The fourth-order valence-corrected chi connectivity index (χ4v) is 2.93. The van der Waals surface area contributed by atoms with Gasteiger partial charge in [0.2, 0.25) is 0 Å². The number of rotatable bonds is 3. The summed E-state index contributed by atoms with van der Waals surface area (Å²) >= 11 is 0. The lowest BCUT2D eigenvalue weighted by molar-refractivity contribution is -0.0124. The summed E-state index contributed by atoms with van der Waals surface area (Å²) in [5.41, 5.74) is 1.84. The van der Waals surface area contributed by atoms with Crippen LogP contribution in [0.1, 0.15) is 27.6 Å². The van der Waals surface area contributed by atoms with Gasteiger partial charge < -0.3 is 14.5 Å². The SMILES string of the molecule is C[C@H]1CN(C(=O)c2cccc(C(=O)N(C)c3ccccc3)c2)CCO1. The average Bonchev–Trinajstić information content (AvgIpc) is 2.67. The molecule has 25 heavy (non-hydrogen) atoms. The maximum atomic E-state index is 12.7. The molecule has 1 saturated heterocycles. The van der Waals surface area contributed by atoms with E-state index in [-0.39, 0.29) is 17.9 Å². The van der Waals surface area contributed by atoms with Crippen LogP contribution in [0.2, 0.25) is 0 Å². The first-order chi connectivity index (χ1) is 12.1. The van der Waals surface area contributed by atoms with Crippen LogP contribution < -0.4 is 4.90 Å². The third kappa shape index (κ3) is 3.88. The van der Waals surface area contributed by atoms with Crippen molar-refractivity contribution < 1.29 is 14.3 Å². The molecule has 5 nitrogen and oxygen atoms in total. The zero-order valence-electron chi connectivity index (χ0n) is 14.5. The van der Waals surface area contributed by atoms with Crippen molar-refractivity contribution in [2.75, 3.05) is 31.6 Å². The second kappa shape index (κ2) is 7.49. The Labute approximate surface area is 147 Å². The van der Waals surface area contributed by atoms with E-state index in [0.717, 1.165) is 5.69 Å². The molecule has 2 aromatic carbocycles. The maximum absolute atomic E-state index is 12.7. The Kier molecular flexibility index (Phi) is 5.14. The topological polar surface area (TPSA) is 49.9 Å². The number of hydrogen-bond acceptors (Lipinski definition) is 3. The Bertz CT molecular complexity index is 761. The number of carbonyl (C=O) groups excluding carboxylic acids is 2. The van der Waals surface area contributed by atoms with Gasteiger partial charge >= 0.3 is 0 Å². The summed E-state index contributed by atoms with van der Waals surface area (Å²) in [7, 11) is 1.73. The van der Waals surface area contributed by atoms with Crippen molar-refractivity contribution >= 4 is 17.5 Å². The van der Waals surface area contributed by atoms with Crippen LogP contribution in [-0.4, -0.2) is 49.6 Å². The summed E-state index contributed by atoms with van der Waals surface area (Å²) in [6.45, 7) is 3.64. The molecule has 0 unspecified atom stereocenters. The molecule has 1 heterocycles. The second-order valence-corrected chi connectivity index (χ2v) is 6.21. The molecule has 1 aliphatic rings. The number of morpholine rings is 1. The first kappa shape index (κ1) is 17.2. The monoisotopic (exact) mass is 338 g/mol. The fourth-order valence-electron chi connectivity index (χ4n) is 2.93. The molecule has 1 fully saturated rings. The van der Waals surface area contributed by atoms with Crippen molar-refractivity contribution in [3.8, 4) is 0 Å². The van der Waals surface area contributed by atoms with Gasteiger partial charge in [-0.15, -0.1) is 0 Å². The Morgan fingerprint density at radius 3 is 2.52 bits per heavy atom. The van der Waals surface area contributed by atoms with Crippen LogP contribution in [0.15, 0.2) is 54.6 Å². The molecule has 0 N–H and O–H groups in total. The van der Waals surface area contributed by atoms with Gasteiger partial charge in [-0.2, -0.15) is 0 Å². The number of anilines is 1. The lowest BCUT2D eigenvalue weighted by Crippen LogP contribution is -2.44. The van der Waals surface area contributed by atoms with Crippen molar-refractivity contribution in [1.29, 1.82) is 0 Å². The Hall–Kier alpha value is -2.66. The van der Waals surface area contributed by atoms with Crippen LogP contribution in [0.3, 0.4) is 0 Å². The third-order valence-corrected chi connectivity index (χ3v) is 4.33. The quantitative estimate of drug-likeness (QED) is 0.865. The number of para-hydroxylation sites is 1. The summed E-state index contributed by atoms with van der Waals surface area (Å²) in [6.07, 6.45) is 0.0340. The molecule has 0 spiro atoms. The summed E-state index contributed by atoms with van der Waals surface area (Å²) < 4.78 is 5.48. The number of hydrogen-bond donors (Lipinski definition) is 0. The van der Waals surface area contributed by atoms with Crippen molar-refractivity contribution in [2.45, 2.75) is 13.0 Å². The molecule has 2 aromatic rings. The predicted octanol–water partition coefficient (Wildman–Crippen LogP) is 2.82. The van der Waals surface area contributed by atoms with Crippen LogP contribution in [0.5, 0.6) is 0 Å². The normalized spacial score (nSPS) is 17.2. The van der Waals surface area contributed by atoms with Gasteiger partial charge in [-0.3, -0.25) is 9.59 Å². The molecule has 3 rings (SSSR count). The van der Waals surface area contributed by atoms with Gasteiger partial charge in [0.05, 0.1) is 12.7 Å². The fraction of sp³-hybridized carbons (Fsp3) is 0.300. The molecule has 0 saturated carbocycles. The molecule has 0 bridgehead atoms. The molecule has 1 aliphatic heterocycles. The van der Waals surface area contributed by atoms with E-state index >= 15 is 0 Å². The van der Waals surface area contributed by atoms with Gasteiger partial charge in [0.25, 0.3) is 11.8 Å². The zero-order chi connectivity index (χ0) is 17.8. The third-order valence-electron chi connectivity index (χ3n) is 4.33. The lowest BCUT2D eigenvalue weighted by atomic mass is 10.1. The smallest absolute Gasteiger partial charge is 0.258 e. The minimum absolute atomic E-state index is 0.0340. The maximum Gasteiger partial charge on any atom is 0.258 e. The van der Waals surface area contributed by atoms with Gasteiger partial charge in [0.1, 0.15) is 0 Å². The van der Waals surface area contributed by atoms with E-state index in [1.807, 2.05) is 37.3 Å². The van der Waals surface area contributed by atoms with Gasteiger partial charge in [-0.25, -0.2) is 0 Å². The van der Waals surface area contributed by atoms with Crippen LogP contribution >= 0.6 is 0 Å². The highest BCUT2D eigenvalue weighted by Gasteiger charge is 2.23. The van der Waals surface area contributed by atoms with E-state index in [2.05, 4.69) is 0 Å². The first-order valence-electron chi connectivity index (χ1n) is 8.40. The molecular formula is C20H22N2O3. The van der Waals surface area contributed by atoms with E-state index < -0.39 is 0 Å². The largest absolute Gasteiger partial charge is 0.375 e. The number of amides is 2. The van der Waals surface area contributed by atoms with Crippen molar-refractivity contribution in [2.24, 2.45) is 0 Å². The molecule has 2 amide bonds. The van der Waals surface area contributed by atoms with Gasteiger partial charge in [-0.1, -0.05) is 24.3 Å². The standard InChI is InChI=1S/C20H22N2O3/c1-15-14-22(11-12-25-15)20(24)17-8-6-7-16(13-17)19(23)21(2)18-9-4-3-5-10-18/h3-10,13,15H,11-12,14H2,1-2H3/t15-/m0/s1. The zero-order valence-corrected chi connectivity index (χ0v) is 14.5. The van der Waals surface area contributed by atoms with E-state index in [4.69, 9.17) is 4.74 Å². The molecule has 1 atom stereocenters. The Morgan fingerprint density at radius 2 is 1.80 bits per heavy atom. The molecule has 0 radical (unpaired) electrons. The Morgan fingerprint density at radius 1 is 1.08 bits per heavy atom. The number of benzene rings is 2. The first-order valence-corrected chi connectivity index (χ1v) is 8.40. The van der Waals surface area contributed by atoms with Gasteiger partial charge in [0.15, 0.2) is 0 Å². The van der Waals surface area contributed by atoms with Crippen LogP contribution in [-0.2, 0) is 4.74 Å². The van der Waals surface area contributed by atoms with Crippen LogP contribution in [0.25, 0.3) is 0 Å². The number of nitrogens with zero attached hydrogens (tertiary/aromatic N) is 2. The summed E-state index contributed by atoms with van der Waals surface area (Å²) in [6, 6.07) is 16.3. The minimum atomic E-state index is -0.142. The average molecular weight is 338 g/mol. The molecule has 0 aliphatic carbocycles. The molecule has 5 heteroatoms. The molecular weight excluding hydrogens is 316 g/mol. The highest BCUT2D eigenvalue weighted by molar-refractivity contribution is 6.07. The number of carbonyl (C=O) groups is 2. The second-order valence-electron chi connectivity index (χ2n) is 6.21. The highest BCUT2D eigenvalue weighted by atomic mass is 16.5. The van der Waals surface area contributed by atoms with Crippen molar-refractivity contribution in [1.82, 2.24) is 4.90 Å². The summed E-state index contributed by atoms with van der Waals surface area (Å²) in [5.74, 6) is -0.205. The predicted molar refractivity (Wildman–Crippen MR) is 96.9 cm³/mol. The van der Waals surface area contributed by atoms with Gasteiger partial charge in [0, 0.05) is 37.0 Å². The van der Waals surface area contributed by atoms with E-state index in [0.29, 0.717) is 30.8 Å². The summed E-state index contributed by atoms with van der Waals surface area (Å²) in [5, 5.41) is 0. The van der Waals surface area contributed by atoms with E-state index in [1.54, 1.807) is 41.1 Å². The summed E-state index contributed by atoms with van der Waals surface area (Å²) in [4.78, 5) is 28.8. The van der Waals surface area contributed by atoms with Crippen molar-refractivity contribution in [3.63, 3.8) is 0 Å². The number of ether oxygens (including phenoxy) is 1. The van der Waals surface area contributed by atoms with E-state index in [9.17, 15) is 9.59 Å². The highest BCUT2D eigenvalue weighted by Crippen LogP contribution is 2.17. The van der Waals surface area contributed by atoms with Crippen molar-refractivity contribution in [3.05, 3.63) is 65.7 Å². The molecule has 0 aromatic heterocycles. The minimum Gasteiger partial charge on any atom is -0.375 e.